The fourth-order valence-electron chi connectivity index (χ4n) is 2.97. The van der Waals surface area contributed by atoms with E-state index in [2.05, 4.69) is 31.1 Å². The van der Waals surface area contributed by atoms with Crippen molar-refractivity contribution < 1.29 is 14.3 Å². The standard InChI is InChI=1S/C17H26N2O3S/c1-17(2,3)12-4-6-13(7-5-12)22-15(21)9-8-14(20)19-16-18-10-11-23-16/h10-13H,4-9H2,1-3H3,(H,18,19,20). The van der Waals surface area contributed by atoms with Gasteiger partial charge in [0.15, 0.2) is 5.13 Å². The van der Waals surface area contributed by atoms with Crippen molar-refractivity contribution in [2.24, 2.45) is 11.3 Å². The summed E-state index contributed by atoms with van der Waals surface area (Å²) in [4.78, 5) is 27.6. The molecule has 23 heavy (non-hydrogen) atoms. The number of hydrogen-bond donors (Lipinski definition) is 1. The molecule has 0 saturated heterocycles. The van der Waals surface area contributed by atoms with E-state index in [0.717, 1.165) is 25.7 Å². The maximum atomic E-state index is 11.9. The SMILES string of the molecule is CC(C)(C)C1CCC(OC(=O)CCC(=O)Nc2nccs2)CC1. The van der Waals surface area contributed by atoms with E-state index in [1.165, 1.54) is 11.3 Å². The van der Waals surface area contributed by atoms with Crippen LogP contribution < -0.4 is 5.32 Å². The summed E-state index contributed by atoms with van der Waals surface area (Å²) in [5.74, 6) is 0.216. The number of nitrogens with zero attached hydrogens (tertiary/aromatic N) is 1. The molecule has 2 rings (SSSR count). The molecule has 1 N–H and O–H groups in total. The van der Waals surface area contributed by atoms with E-state index in [0.29, 0.717) is 16.5 Å². The van der Waals surface area contributed by atoms with Crippen LogP contribution in [-0.4, -0.2) is 23.0 Å². The number of hydrogen-bond acceptors (Lipinski definition) is 5. The maximum Gasteiger partial charge on any atom is 0.306 e. The largest absolute Gasteiger partial charge is 0.462 e. The van der Waals surface area contributed by atoms with Gasteiger partial charge in [-0.1, -0.05) is 20.8 Å². The number of carbonyl (C=O) groups is 2. The molecule has 5 nitrogen and oxygen atoms in total. The molecule has 1 fully saturated rings. The minimum Gasteiger partial charge on any atom is -0.462 e. The van der Waals surface area contributed by atoms with Gasteiger partial charge in [-0.15, -0.1) is 11.3 Å². The average molecular weight is 338 g/mol. The van der Waals surface area contributed by atoms with Crippen molar-refractivity contribution in [3.8, 4) is 0 Å². The first-order chi connectivity index (χ1) is 10.8. The zero-order valence-corrected chi connectivity index (χ0v) is 14.9. The van der Waals surface area contributed by atoms with E-state index in [-0.39, 0.29) is 30.8 Å². The van der Waals surface area contributed by atoms with E-state index >= 15 is 0 Å². The van der Waals surface area contributed by atoms with E-state index in [4.69, 9.17) is 4.74 Å². The van der Waals surface area contributed by atoms with Crippen LogP contribution >= 0.6 is 11.3 Å². The Morgan fingerprint density at radius 2 is 1.96 bits per heavy atom. The first kappa shape index (κ1) is 17.9. The van der Waals surface area contributed by atoms with Gasteiger partial charge in [0, 0.05) is 18.0 Å². The summed E-state index contributed by atoms with van der Waals surface area (Å²) in [6.07, 6.45) is 5.97. The Kier molecular flexibility index (Phi) is 6.16. The van der Waals surface area contributed by atoms with Crippen molar-refractivity contribution in [2.45, 2.75) is 65.4 Å². The summed E-state index contributed by atoms with van der Waals surface area (Å²) < 4.78 is 5.51. The molecule has 0 aliphatic heterocycles. The first-order valence-electron chi connectivity index (χ1n) is 8.23. The molecule has 6 heteroatoms. The minimum atomic E-state index is -0.279. The summed E-state index contributed by atoms with van der Waals surface area (Å²) in [5, 5.41) is 5.01. The van der Waals surface area contributed by atoms with Crippen LogP contribution in [-0.2, 0) is 14.3 Å². The number of carbonyl (C=O) groups excluding carboxylic acids is 2. The molecule has 1 heterocycles. The van der Waals surface area contributed by atoms with Crippen molar-refractivity contribution in [2.75, 3.05) is 5.32 Å². The second kappa shape index (κ2) is 7.90. The van der Waals surface area contributed by atoms with Gasteiger partial charge in [0.2, 0.25) is 5.91 Å². The van der Waals surface area contributed by atoms with E-state index in [1.807, 2.05) is 0 Å². The van der Waals surface area contributed by atoms with Crippen LogP contribution in [0.1, 0.15) is 59.3 Å². The molecule has 0 radical (unpaired) electrons. The smallest absolute Gasteiger partial charge is 0.306 e. The first-order valence-corrected chi connectivity index (χ1v) is 9.11. The molecule has 0 spiro atoms. The Hall–Kier alpha value is -1.43. The predicted molar refractivity (Wildman–Crippen MR) is 91.3 cm³/mol. The molecule has 1 amide bonds. The third-order valence-corrected chi connectivity index (χ3v) is 5.12. The molecule has 1 aromatic heterocycles. The number of aromatic nitrogens is 1. The van der Waals surface area contributed by atoms with Crippen LogP contribution in [0.2, 0.25) is 0 Å². The zero-order chi connectivity index (χ0) is 16.9. The van der Waals surface area contributed by atoms with Gasteiger partial charge in [0.25, 0.3) is 0 Å². The molecule has 0 atom stereocenters. The van der Waals surface area contributed by atoms with Crippen molar-refractivity contribution in [1.29, 1.82) is 0 Å². The third kappa shape index (κ3) is 5.94. The van der Waals surface area contributed by atoms with Gasteiger partial charge < -0.3 is 10.1 Å². The fourth-order valence-corrected chi connectivity index (χ4v) is 3.52. The van der Waals surface area contributed by atoms with Crippen LogP contribution in [0.25, 0.3) is 0 Å². The Bertz CT molecular complexity index is 514. The Balaban J connectivity index is 1.65. The highest BCUT2D eigenvalue weighted by Gasteiger charge is 2.31. The van der Waals surface area contributed by atoms with Gasteiger partial charge in [0.1, 0.15) is 6.10 Å². The second-order valence-corrected chi connectivity index (χ2v) is 8.11. The van der Waals surface area contributed by atoms with E-state index in [9.17, 15) is 9.59 Å². The maximum absolute atomic E-state index is 11.9. The highest BCUT2D eigenvalue weighted by atomic mass is 32.1. The number of thiazole rings is 1. The summed E-state index contributed by atoms with van der Waals surface area (Å²) >= 11 is 1.36. The molecular weight excluding hydrogens is 312 g/mol. The summed E-state index contributed by atoms with van der Waals surface area (Å²) in [5.41, 5.74) is 0.322. The number of amides is 1. The predicted octanol–water partition coefficient (Wildman–Crippen LogP) is 4.01. The number of rotatable bonds is 5. The molecule has 128 valence electrons. The number of nitrogens with one attached hydrogen (secondary N) is 1. The quantitative estimate of drug-likeness (QED) is 0.824. The zero-order valence-electron chi connectivity index (χ0n) is 14.1. The topological polar surface area (TPSA) is 68.3 Å². The van der Waals surface area contributed by atoms with Crippen LogP contribution in [0, 0.1) is 11.3 Å². The lowest BCUT2D eigenvalue weighted by molar-refractivity contribution is -0.152. The van der Waals surface area contributed by atoms with E-state index < -0.39 is 0 Å². The fraction of sp³-hybridized carbons (Fsp3) is 0.706. The van der Waals surface area contributed by atoms with Crippen LogP contribution in [0.15, 0.2) is 11.6 Å². The molecule has 0 bridgehead atoms. The monoisotopic (exact) mass is 338 g/mol. The normalized spacial score (nSPS) is 21.7. The van der Waals surface area contributed by atoms with Crippen LogP contribution in [0.5, 0.6) is 0 Å². The molecule has 1 aromatic rings. The van der Waals surface area contributed by atoms with Crippen LogP contribution in [0.3, 0.4) is 0 Å². The molecule has 0 aromatic carbocycles. The van der Waals surface area contributed by atoms with Crippen molar-refractivity contribution in [3.05, 3.63) is 11.6 Å². The summed E-state index contributed by atoms with van der Waals surface area (Å²) in [6, 6.07) is 0. The highest BCUT2D eigenvalue weighted by molar-refractivity contribution is 7.13. The number of anilines is 1. The summed E-state index contributed by atoms with van der Waals surface area (Å²) in [7, 11) is 0. The Labute approximate surface area is 141 Å². The minimum absolute atomic E-state index is 0.0168. The van der Waals surface area contributed by atoms with Gasteiger partial charge in [0.05, 0.1) is 6.42 Å². The van der Waals surface area contributed by atoms with Crippen molar-refractivity contribution in [3.63, 3.8) is 0 Å². The van der Waals surface area contributed by atoms with Gasteiger partial charge >= 0.3 is 5.97 Å². The lowest BCUT2D eigenvalue weighted by Crippen LogP contribution is -2.30. The molecule has 1 saturated carbocycles. The Morgan fingerprint density at radius 3 is 2.52 bits per heavy atom. The van der Waals surface area contributed by atoms with Gasteiger partial charge in [-0.3, -0.25) is 9.59 Å². The number of ether oxygens (including phenoxy) is 1. The molecular formula is C17H26N2O3S. The lowest BCUT2D eigenvalue weighted by atomic mass is 9.72. The van der Waals surface area contributed by atoms with E-state index in [1.54, 1.807) is 11.6 Å². The van der Waals surface area contributed by atoms with Crippen molar-refractivity contribution >= 4 is 28.3 Å². The highest BCUT2D eigenvalue weighted by Crippen LogP contribution is 2.38. The third-order valence-electron chi connectivity index (χ3n) is 4.43. The van der Waals surface area contributed by atoms with Gasteiger partial charge in [-0.25, -0.2) is 4.98 Å². The summed E-state index contributed by atoms with van der Waals surface area (Å²) in [6.45, 7) is 6.81. The second-order valence-electron chi connectivity index (χ2n) is 7.21. The van der Waals surface area contributed by atoms with Crippen LogP contribution in [0.4, 0.5) is 5.13 Å². The van der Waals surface area contributed by atoms with Crippen molar-refractivity contribution in [1.82, 2.24) is 4.98 Å². The Morgan fingerprint density at radius 1 is 1.26 bits per heavy atom. The molecule has 1 aliphatic rings. The van der Waals surface area contributed by atoms with Gasteiger partial charge in [-0.05, 0) is 37.0 Å². The van der Waals surface area contributed by atoms with Gasteiger partial charge in [-0.2, -0.15) is 0 Å². The molecule has 1 aliphatic carbocycles. The lowest BCUT2D eigenvalue weighted by Gasteiger charge is -2.36. The molecule has 0 unspecified atom stereocenters. The average Bonchev–Trinajstić information content (AvgIpc) is 2.98. The number of esters is 1.